The van der Waals surface area contributed by atoms with E-state index in [0.29, 0.717) is 5.92 Å². The van der Waals surface area contributed by atoms with E-state index in [1.54, 1.807) is 11.9 Å². The number of nitrogens with one attached hydrogen (secondary N) is 1. The maximum absolute atomic E-state index is 12.4. The molecular weight excluding hydrogens is 294 g/mol. The van der Waals surface area contributed by atoms with E-state index in [1.165, 1.54) is 6.42 Å². The number of fused-ring (bicyclic) bond motifs is 1. The molecule has 1 N–H and O–H groups in total. The van der Waals surface area contributed by atoms with Crippen LogP contribution in [0.2, 0.25) is 0 Å². The highest BCUT2D eigenvalue weighted by atomic mass is 16.2. The summed E-state index contributed by atoms with van der Waals surface area (Å²) in [5.74, 6) is 1.23. The molecule has 2 unspecified atom stereocenters. The summed E-state index contributed by atoms with van der Waals surface area (Å²) < 4.78 is 0. The quantitative estimate of drug-likeness (QED) is 0.844. The van der Waals surface area contributed by atoms with Crippen molar-refractivity contribution in [2.45, 2.75) is 51.7 Å². The second kappa shape index (κ2) is 6.37. The number of imide groups is 1. The number of urea groups is 1. The van der Waals surface area contributed by atoms with Crippen molar-refractivity contribution in [1.29, 1.82) is 0 Å². The molecule has 3 amide bonds. The molecule has 3 aliphatic rings. The molecule has 128 valence electrons. The number of hydrogen-bond acceptors (Lipinski definition) is 5. The van der Waals surface area contributed by atoms with Crippen molar-refractivity contribution in [3.63, 3.8) is 0 Å². The van der Waals surface area contributed by atoms with Gasteiger partial charge in [0, 0.05) is 26.7 Å². The van der Waals surface area contributed by atoms with Gasteiger partial charge in [-0.2, -0.15) is 0 Å². The zero-order valence-electron chi connectivity index (χ0n) is 14.3. The predicted octanol–water partition coefficient (Wildman–Crippen LogP) is 1.07. The minimum Gasteiger partial charge on any atom is -0.343 e. The Bertz CT molecular complexity index is 513. The van der Waals surface area contributed by atoms with Crippen molar-refractivity contribution in [1.82, 2.24) is 20.0 Å². The normalized spacial score (nSPS) is 28.2. The molecular formula is C16H27N5O2. The number of nitrogens with zero attached hydrogens (tertiary/aromatic N) is 4. The van der Waals surface area contributed by atoms with Crippen LogP contribution in [0.3, 0.4) is 0 Å². The molecule has 2 atom stereocenters. The molecule has 2 fully saturated rings. The minimum atomic E-state index is -0.402. The first kappa shape index (κ1) is 16.1. The summed E-state index contributed by atoms with van der Waals surface area (Å²) in [7, 11) is 1.71. The molecule has 0 radical (unpaired) electrons. The molecule has 7 nitrogen and oxygen atoms in total. The molecule has 0 aliphatic carbocycles. The number of hydrogen-bond donors (Lipinski definition) is 1. The van der Waals surface area contributed by atoms with Gasteiger partial charge in [-0.25, -0.2) is 9.79 Å². The van der Waals surface area contributed by atoms with Crippen LogP contribution in [0.25, 0.3) is 0 Å². The number of amides is 3. The lowest BCUT2D eigenvalue weighted by Gasteiger charge is -2.38. The van der Waals surface area contributed by atoms with Crippen LogP contribution < -0.4 is 5.32 Å². The van der Waals surface area contributed by atoms with Gasteiger partial charge in [-0.15, -0.1) is 0 Å². The summed E-state index contributed by atoms with van der Waals surface area (Å²) >= 11 is 0. The average molecular weight is 321 g/mol. The first-order valence-corrected chi connectivity index (χ1v) is 8.66. The maximum atomic E-state index is 12.4. The Morgan fingerprint density at radius 2 is 1.91 bits per heavy atom. The first-order valence-electron chi connectivity index (χ1n) is 8.66. The van der Waals surface area contributed by atoms with Crippen LogP contribution in [-0.4, -0.2) is 71.5 Å². The molecule has 0 aromatic carbocycles. The lowest BCUT2D eigenvalue weighted by Crippen LogP contribution is -2.64. The van der Waals surface area contributed by atoms with Crippen LogP contribution in [0.5, 0.6) is 0 Å². The van der Waals surface area contributed by atoms with Gasteiger partial charge in [-0.05, 0) is 31.6 Å². The third kappa shape index (κ3) is 3.01. The summed E-state index contributed by atoms with van der Waals surface area (Å²) in [6.45, 7) is 7.12. The fraction of sp³-hybridized carbons (Fsp3) is 0.812. The van der Waals surface area contributed by atoms with E-state index in [4.69, 9.17) is 4.99 Å². The highest BCUT2D eigenvalue weighted by Gasteiger charge is 2.49. The van der Waals surface area contributed by atoms with Crippen LogP contribution in [0, 0.1) is 5.92 Å². The van der Waals surface area contributed by atoms with Gasteiger partial charge in [0.05, 0.1) is 0 Å². The predicted molar refractivity (Wildman–Crippen MR) is 87.9 cm³/mol. The van der Waals surface area contributed by atoms with Crippen LogP contribution in [0.1, 0.15) is 39.5 Å². The molecule has 0 spiro atoms. The number of guanidine groups is 1. The third-order valence-corrected chi connectivity index (χ3v) is 4.92. The van der Waals surface area contributed by atoms with Gasteiger partial charge in [0.1, 0.15) is 0 Å². The molecule has 0 aromatic rings. The minimum absolute atomic E-state index is 0.224. The van der Waals surface area contributed by atoms with E-state index < -0.39 is 12.2 Å². The Morgan fingerprint density at radius 1 is 1.22 bits per heavy atom. The zero-order chi connectivity index (χ0) is 16.6. The van der Waals surface area contributed by atoms with E-state index >= 15 is 0 Å². The summed E-state index contributed by atoms with van der Waals surface area (Å²) in [6, 6.07) is -0.753. The molecule has 0 saturated carbocycles. The molecule has 3 rings (SSSR count). The highest BCUT2D eigenvalue weighted by Crippen LogP contribution is 2.27. The van der Waals surface area contributed by atoms with Crippen LogP contribution in [-0.2, 0) is 4.79 Å². The van der Waals surface area contributed by atoms with E-state index in [0.717, 1.165) is 44.9 Å². The molecule has 2 saturated heterocycles. The summed E-state index contributed by atoms with van der Waals surface area (Å²) in [5.41, 5.74) is 0. The summed E-state index contributed by atoms with van der Waals surface area (Å²) in [6.07, 6.45) is 4.17. The Balaban J connectivity index is 1.87. The number of aliphatic imine (C=N–C) groups is 1. The number of piperidine rings is 1. The van der Waals surface area contributed by atoms with E-state index in [9.17, 15) is 9.59 Å². The zero-order valence-corrected chi connectivity index (χ0v) is 14.3. The monoisotopic (exact) mass is 321 g/mol. The standard InChI is InChI=1S/C16H27N5O2/c1-11(2)7-10-21-12-13(19(3)16(23)18-14(12)22)17-15(21)20-8-5-4-6-9-20/h11-13H,4-10H2,1-3H3,(H,18,22,23). The Hall–Kier alpha value is -1.79. The smallest absolute Gasteiger partial charge is 0.325 e. The van der Waals surface area contributed by atoms with Gasteiger partial charge < -0.3 is 14.7 Å². The Kier molecular flexibility index (Phi) is 4.46. The Morgan fingerprint density at radius 3 is 2.57 bits per heavy atom. The molecule has 7 heteroatoms. The fourth-order valence-electron chi connectivity index (χ4n) is 3.50. The van der Waals surface area contributed by atoms with E-state index in [2.05, 4.69) is 29.0 Å². The van der Waals surface area contributed by atoms with Gasteiger partial charge in [0.2, 0.25) is 0 Å². The molecule has 3 heterocycles. The van der Waals surface area contributed by atoms with Crippen LogP contribution in [0.15, 0.2) is 4.99 Å². The molecule has 23 heavy (non-hydrogen) atoms. The van der Waals surface area contributed by atoms with Crippen molar-refractivity contribution < 1.29 is 9.59 Å². The van der Waals surface area contributed by atoms with Gasteiger partial charge >= 0.3 is 6.03 Å². The maximum Gasteiger partial charge on any atom is 0.325 e. The van der Waals surface area contributed by atoms with Crippen LogP contribution in [0.4, 0.5) is 4.79 Å². The van der Waals surface area contributed by atoms with E-state index in [1.807, 2.05) is 0 Å². The number of likely N-dealkylation sites (N-methyl/N-ethyl adjacent to an activating group) is 1. The van der Waals surface area contributed by atoms with Crippen LogP contribution >= 0.6 is 0 Å². The van der Waals surface area contributed by atoms with Crippen molar-refractivity contribution in [2.24, 2.45) is 10.9 Å². The summed E-state index contributed by atoms with van der Waals surface area (Å²) in [5, 5.41) is 2.46. The first-order chi connectivity index (χ1) is 11.0. The number of likely N-dealkylation sites (tertiary alicyclic amines) is 1. The van der Waals surface area contributed by atoms with Gasteiger partial charge in [-0.3, -0.25) is 10.1 Å². The molecule has 0 aromatic heterocycles. The van der Waals surface area contributed by atoms with Crippen molar-refractivity contribution in [3.05, 3.63) is 0 Å². The fourth-order valence-corrected chi connectivity index (χ4v) is 3.50. The van der Waals surface area contributed by atoms with Gasteiger partial charge in [0.25, 0.3) is 5.91 Å². The number of rotatable bonds is 3. The molecule has 3 aliphatic heterocycles. The van der Waals surface area contributed by atoms with Crippen molar-refractivity contribution >= 4 is 17.9 Å². The van der Waals surface area contributed by atoms with Gasteiger partial charge in [0.15, 0.2) is 18.2 Å². The van der Waals surface area contributed by atoms with E-state index in [-0.39, 0.29) is 11.9 Å². The lowest BCUT2D eigenvalue weighted by atomic mass is 10.1. The number of carbonyl (C=O) groups is 2. The van der Waals surface area contributed by atoms with Crippen molar-refractivity contribution in [3.8, 4) is 0 Å². The van der Waals surface area contributed by atoms with Crippen molar-refractivity contribution in [2.75, 3.05) is 26.7 Å². The molecule has 0 bridgehead atoms. The average Bonchev–Trinajstić information content (AvgIpc) is 2.91. The highest BCUT2D eigenvalue weighted by molar-refractivity contribution is 6.03. The second-order valence-corrected chi connectivity index (χ2v) is 7.12. The lowest BCUT2D eigenvalue weighted by molar-refractivity contribution is -0.127. The van der Waals surface area contributed by atoms with Gasteiger partial charge in [-0.1, -0.05) is 13.8 Å². The Labute approximate surface area is 137 Å². The third-order valence-electron chi connectivity index (χ3n) is 4.92. The number of carbonyl (C=O) groups excluding carboxylic acids is 2. The SMILES string of the molecule is CC(C)CCN1C(N2CCCCC2)=NC2C1C(=O)NC(=O)N2C. The summed E-state index contributed by atoms with van der Waals surface area (Å²) in [4.78, 5) is 35.1. The second-order valence-electron chi connectivity index (χ2n) is 7.12. The largest absolute Gasteiger partial charge is 0.343 e. The topological polar surface area (TPSA) is 68.2 Å².